The van der Waals surface area contributed by atoms with Gasteiger partial charge in [-0.25, -0.2) is 14.3 Å². The summed E-state index contributed by atoms with van der Waals surface area (Å²) in [7, 11) is 1.39. The molecule has 0 spiro atoms. The summed E-state index contributed by atoms with van der Waals surface area (Å²) in [6.07, 6.45) is 1.48. The monoisotopic (exact) mass is 349 g/mol. The van der Waals surface area contributed by atoms with Crippen molar-refractivity contribution in [3.8, 4) is 0 Å². The van der Waals surface area contributed by atoms with E-state index in [-0.39, 0.29) is 23.3 Å². The van der Waals surface area contributed by atoms with E-state index in [1.54, 1.807) is 30.0 Å². The van der Waals surface area contributed by atoms with Crippen LogP contribution in [0.3, 0.4) is 0 Å². The average molecular weight is 349 g/mol. The highest BCUT2D eigenvalue weighted by Crippen LogP contribution is 2.32. The molecule has 1 amide bonds. The van der Waals surface area contributed by atoms with Crippen molar-refractivity contribution in [1.29, 1.82) is 0 Å². The van der Waals surface area contributed by atoms with Crippen LogP contribution in [-0.2, 0) is 15.1 Å². The number of aromatic amines is 1. The molecule has 1 N–H and O–H groups in total. The molecule has 1 aromatic heterocycles. The van der Waals surface area contributed by atoms with Crippen molar-refractivity contribution >= 4 is 5.91 Å². The Kier molecular flexibility index (Phi) is 4.71. The molecule has 0 saturated carbocycles. The number of likely N-dealkylation sites (tertiary alicyclic amines) is 1. The van der Waals surface area contributed by atoms with E-state index in [1.807, 2.05) is 0 Å². The highest BCUT2D eigenvalue weighted by Gasteiger charge is 2.42. The number of nitrogens with zero attached hydrogens (tertiary/aromatic N) is 2. The molecule has 1 fully saturated rings. The zero-order chi connectivity index (χ0) is 18.0. The van der Waals surface area contributed by atoms with Crippen LogP contribution in [0.25, 0.3) is 0 Å². The number of rotatable bonds is 4. The maximum atomic E-state index is 14.2. The molecule has 0 bridgehead atoms. The Morgan fingerprint density at radius 2 is 2.24 bits per heavy atom. The van der Waals surface area contributed by atoms with E-state index in [9.17, 15) is 14.0 Å². The minimum Gasteiger partial charge on any atom is -0.392 e. The number of H-pyrrole nitrogens is 1. The van der Waals surface area contributed by atoms with Gasteiger partial charge in [0.1, 0.15) is 5.82 Å². The van der Waals surface area contributed by atoms with Crippen molar-refractivity contribution in [3.05, 3.63) is 52.1 Å². The summed E-state index contributed by atoms with van der Waals surface area (Å²) < 4.78 is 24.7. The smallest absolute Gasteiger partial charge is 0.392 e. The second-order valence-corrected chi connectivity index (χ2v) is 6.26. The van der Waals surface area contributed by atoms with E-state index in [1.165, 1.54) is 13.2 Å². The molecule has 2 aromatic rings. The van der Waals surface area contributed by atoms with Gasteiger partial charge >= 0.3 is 5.76 Å². The molecule has 0 radical (unpaired) electrons. The third-order valence-corrected chi connectivity index (χ3v) is 4.72. The number of hydrogen-bond donors (Lipinski definition) is 1. The summed E-state index contributed by atoms with van der Waals surface area (Å²) in [5.74, 6) is -1.34. The van der Waals surface area contributed by atoms with E-state index in [4.69, 9.17) is 9.15 Å². The Labute approximate surface area is 143 Å². The predicted molar refractivity (Wildman–Crippen MR) is 86.4 cm³/mol. The third-order valence-electron chi connectivity index (χ3n) is 4.72. The van der Waals surface area contributed by atoms with Gasteiger partial charge in [0, 0.05) is 25.8 Å². The van der Waals surface area contributed by atoms with Crippen LogP contribution >= 0.6 is 0 Å². The second kappa shape index (κ2) is 6.79. The number of benzene rings is 1. The highest BCUT2D eigenvalue weighted by molar-refractivity contribution is 5.86. The molecule has 134 valence electrons. The molecule has 3 rings (SSSR count). The first kappa shape index (κ1) is 17.3. The van der Waals surface area contributed by atoms with E-state index >= 15 is 0 Å². The summed E-state index contributed by atoms with van der Waals surface area (Å²) >= 11 is 0. The fourth-order valence-electron chi connectivity index (χ4n) is 3.24. The molecule has 0 aliphatic carbocycles. The van der Waals surface area contributed by atoms with Gasteiger partial charge in [-0.15, -0.1) is 5.10 Å². The van der Waals surface area contributed by atoms with Crippen molar-refractivity contribution < 1.29 is 18.3 Å². The number of amides is 1. The zero-order valence-electron chi connectivity index (χ0n) is 14.1. The average Bonchev–Trinajstić information content (AvgIpc) is 3.07. The van der Waals surface area contributed by atoms with E-state index < -0.39 is 17.2 Å². The fourth-order valence-corrected chi connectivity index (χ4v) is 3.24. The number of methoxy groups -OCH3 is 1. The lowest BCUT2D eigenvalue weighted by atomic mass is 9.91. The number of carbonyl (C=O) groups excluding carboxylic acids is 1. The lowest BCUT2D eigenvalue weighted by molar-refractivity contribution is -0.156. The molecule has 1 aliphatic heterocycles. The van der Waals surface area contributed by atoms with Gasteiger partial charge in [-0.1, -0.05) is 18.2 Å². The number of ether oxygens (including phenoxy) is 1. The van der Waals surface area contributed by atoms with Gasteiger partial charge < -0.3 is 14.1 Å². The number of nitrogens with one attached hydrogen (secondary N) is 1. The van der Waals surface area contributed by atoms with Crippen molar-refractivity contribution in [2.75, 3.05) is 20.2 Å². The van der Waals surface area contributed by atoms with Crippen molar-refractivity contribution in [3.63, 3.8) is 0 Å². The van der Waals surface area contributed by atoms with Crippen LogP contribution in [0.2, 0.25) is 0 Å². The molecule has 2 atom stereocenters. The van der Waals surface area contributed by atoms with Crippen LogP contribution < -0.4 is 5.76 Å². The fraction of sp³-hybridized carbons (Fsp3) is 0.471. The van der Waals surface area contributed by atoms with Crippen LogP contribution in [0.1, 0.15) is 37.1 Å². The molecule has 1 aromatic carbocycles. The Balaban J connectivity index is 1.85. The normalized spacial score (nSPS) is 20.3. The van der Waals surface area contributed by atoms with Gasteiger partial charge in [0.25, 0.3) is 5.91 Å². The maximum Gasteiger partial charge on any atom is 0.434 e. The van der Waals surface area contributed by atoms with E-state index in [2.05, 4.69) is 10.2 Å². The standard InChI is InChI=1S/C17H20FN3O4/c1-17(24-2,12-7-3-4-8-13(12)18)15(22)21-9-5-6-11(10-21)14-19-20-16(23)25-14/h3-4,7-8,11H,5-6,9-10H2,1-2H3,(H,20,23)/t11-,17-/m0/s1. The molecule has 1 saturated heterocycles. The SMILES string of the molecule is CO[C@](C)(C(=O)N1CCC[C@H](c2n[nH]c(=O)o2)C1)c1ccccc1F. The third kappa shape index (κ3) is 3.21. The lowest BCUT2D eigenvalue weighted by Gasteiger charge is -2.37. The van der Waals surface area contributed by atoms with Gasteiger partial charge in [-0.3, -0.25) is 4.79 Å². The maximum absolute atomic E-state index is 14.2. The van der Waals surface area contributed by atoms with Crippen LogP contribution in [0.5, 0.6) is 0 Å². The molecular formula is C17H20FN3O4. The predicted octanol–water partition coefficient (Wildman–Crippen LogP) is 1.77. The Morgan fingerprint density at radius 3 is 2.88 bits per heavy atom. The Morgan fingerprint density at radius 1 is 1.48 bits per heavy atom. The van der Waals surface area contributed by atoms with Gasteiger partial charge in [-0.05, 0) is 25.8 Å². The Hall–Kier alpha value is -2.48. The summed E-state index contributed by atoms with van der Waals surface area (Å²) in [4.78, 5) is 25.9. The van der Waals surface area contributed by atoms with Gasteiger partial charge in [0.15, 0.2) is 5.60 Å². The molecule has 1 aliphatic rings. The van der Waals surface area contributed by atoms with Crippen LogP contribution in [0.15, 0.2) is 33.5 Å². The molecule has 25 heavy (non-hydrogen) atoms. The summed E-state index contributed by atoms with van der Waals surface area (Å²) in [6.45, 7) is 2.42. The highest BCUT2D eigenvalue weighted by atomic mass is 19.1. The van der Waals surface area contributed by atoms with Crippen LogP contribution in [-0.4, -0.2) is 41.2 Å². The lowest BCUT2D eigenvalue weighted by Crippen LogP contribution is -2.50. The van der Waals surface area contributed by atoms with Gasteiger partial charge in [-0.2, -0.15) is 0 Å². The molecular weight excluding hydrogens is 329 g/mol. The van der Waals surface area contributed by atoms with E-state index in [0.29, 0.717) is 13.1 Å². The zero-order valence-corrected chi connectivity index (χ0v) is 14.1. The topological polar surface area (TPSA) is 88.4 Å². The number of halogens is 1. The van der Waals surface area contributed by atoms with Crippen molar-refractivity contribution in [2.45, 2.75) is 31.3 Å². The number of hydrogen-bond acceptors (Lipinski definition) is 5. The Bertz CT molecular complexity index is 818. The first-order chi connectivity index (χ1) is 12.0. The van der Waals surface area contributed by atoms with Crippen LogP contribution in [0, 0.1) is 5.82 Å². The molecule has 2 heterocycles. The molecule has 8 heteroatoms. The first-order valence-corrected chi connectivity index (χ1v) is 8.10. The first-order valence-electron chi connectivity index (χ1n) is 8.10. The minimum absolute atomic E-state index is 0.182. The largest absolute Gasteiger partial charge is 0.434 e. The number of piperidine rings is 1. The summed E-state index contributed by atoms with van der Waals surface area (Å²) in [5, 5.41) is 6.09. The number of aromatic nitrogens is 2. The molecule has 7 nitrogen and oxygen atoms in total. The second-order valence-electron chi connectivity index (χ2n) is 6.26. The minimum atomic E-state index is -1.43. The van der Waals surface area contributed by atoms with E-state index in [0.717, 1.165) is 12.8 Å². The number of carbonyl (C=O) groups is 1. The van der Waals surface area contributed by atoms with Crippen LogP contribution in [0.4, 0.5) is 4.39 Å². The van der Waals surface area contributed by atoms with Gasteiger partial charge in [0.2, 0.25) is 5.89 Å². The van der Waals surface area contributed by atoms with Gasteiger partial charge in [0.05, 0.1) is 5.92 Å². The summed E-state index contributed by atoms with van der Waals surface area (Å²) in [6, 6.07) is 6.08. The van der Waals surface area contributed by atoms with Crippen molar-refractivity contribution in [2.24, 2.45) is 0 Å². The van der Waals surface area contributed by atoms with Crippen molar-refractivity contribution in [1.82, 2.24) is 15.1 Å². The summed E-state index contributed by atoms with van der Waals surface area (Å²) in [5.41, 5.74) is -1.24. The molecule has 0 unspecified atom stereocenters. The quantitative estimate of drug-likeness (QED) is 0.909.